The molecule has 0 unspecified atom stereocenters. The Morgan fingerprint density at radius 1 is 0.844 bits per heavy atom. The molecule has 0 radical (unpaired) electrons. The highest BCUT2D eigenvalue weighted by atomic mass is 35.5. The Morgan fingerprint density at radius 2 is 1.53 bits per heavy atom. The number of hydrogen-bond acceptors (Lipinski definition) is 4. The molecule has 0 fully saturated rings. The van der Waals surface area contributed by atoms with Crippen LogP contribution in [0.4, 0.5) is 5.69 Å². The fourth-order valence-electron chi connectivity index (χ4n) is 4.72. The smallest absolute Gasteiger partial charge is 0.264 e. The molecule has 0 aromatic heterocycles. The number of carbonyl (C=O) groups is 2. The van der Waals surface area contributed by atoms with Crippen LogP contribution in [0.1, 0.15) is 23.6 Å². The van der Waals surface area contributed by atoms with E-state index in [1.165, 1.54) is 29.2 Å². The van der Waals surface area contributed by atoms with Gasteiger partial charge < -0.3 is 10.2 Å². The van der Waals surface area contributed by atoms with Gasteiger partial charge in [0.25, 0.3) is 10.0 Å². The molecule has 4 aromatic rings. The molecule has 0 bridgehead atoms. The van der Waals surface area contributed by atoms with Crippen LogP contribution >= 0.6 is 46.4 Å². The molecule has 0 aliphatic heterocycles. The first-order valence-corrected chi connectivity index (χ1v) is 17.0. The van der Waals surface area contributed by atoms with Crippen LogP contribution in [0.3, 0.4) is 0 Å². The van der Waals surface area contributed by atoms with Crippen molar-refractivity contribution in [3.63, 3.8) is 0 Å². The second-order valence-corrected chi connectivity index (χ2v) is 13.7. The van der Waals surface area contributed by atoms with E-state index in [2.05, 4.69) is 5.32 Å². The third-order valence-electron chi connectivity index (χ3n) is 7.07. The zero-order valence-corrected chi connectivity index (χ0v) is 28.4. The van der Waals surface area contributed by atoms with Crippen molar-refractivity contribution in [3.8, 4) is 0 Å². The topological polar surface area (TPSA) is 86.8 Å². The number of nitrogens with one attached hydrogen (secondary N) is 1. The lowest BCUT2D eigenvalue weighted by atomic mass is 10.0. The highest BCUT2D eigenvalue weighted by molar-refractivity contribution is 7.92. The van der Waals surface area contributed by atoms with E-state index < -0.39 is 34.4 Å². The van der Waals surface area contributed by atoms with E-state index in [0.717, 1.165) is 15.4 Å². The Hall–Kier alpha value is -3.27. The van der Waals surface area contributed by atoms with Gasteiger partial charge in [0.1, 0.15) is 12.6 Å². The summed E-state index contributed by atoms with van der Waals surface area (Å²) in [6.45, 7) is 3.13. The van der Waals surface area contributed by atoms with E-state index in [9.17, 15) is 18.0 Å². The number of benzene rings is 4. The Kier molecular flexibility index (Phi) is 11.8. The molecule has 2 amide bonds. The Balaban J connectivity index is 1.85. The Morgan fingerprint density at radius 3 is 2.18 bits per heavy atom. The number of nitrogens with zero attached hydrogens (tertiary/aromatic N) is 2. The minimum absolute atomic E-state index is 0.0141. The third kappa shape index (κ3) is 8.51. The van der Waals surface area contributed by atoms with Gasteiger partial charge in [-0.1, -0.05) is 107 Å². The summed E-state index contributed by atoms with van der Waals surface area (Å²) in [7, 11) is -4.34. The molecule has 0 spiro atoms. The summed E-state index contributed by atoms with van der Waals surface area (Å²) in [6, 6.07) is 23.8. The van der Waals surface area contributed by atoms with Gasteiger partial charge in [-0.15, -0.1) is 0 Å². The summed E-state index contributed by atoms with van der Waals surface area (Å²) in [4.78, 5) is 29.4. The maximum Gasteiger partial charge on any atom is 0.264 e. The average Bonchev–Trinajstić information content (AvgIpc) is 3.01. The lowest BCUT2D eigenvalue weighted by molar-refractivity contribution is -0.140. The van der Waals surface area contributed by atoms with Crippen molar-refractivity contribution in [2.24, 2.45) is 0 Å². The first-order chi connectivity index (χ1) is 21.4. The monoisotopic (exact) mass is 705 g/mol. The van der Waals surface area contributed by atoms with Crippen LogP contribution in [0.2, 0.25) is 20.1 Å². The maximum atomic E-state index is 14.5. The normalized spacial score (nSPS) is 12.0. The lowest BCUT2D eigenvalue weighted by Gasteiger charge is -2.34. The minimum atomic E-state index is -4.34. The molecule has 45 heavy (non-hydrogen) atoms. The number of anilines is 1. The van der Waals surface area contributed by atoms with Gasteiger partial charge in [-0.3, -0.25) is 13.9 Å². The molecular weight excluding hydrogens is 676 g/mol. The Labute approximate surface area is 283 Å². The fourth-order valence-corrected chi connectivity index (χ4v) is 7.06. The molecule has 4 rings (SSSR count). The maximum absolute atomic E-state index is 14.5. The fraction of sp³-hybridized carbons (Fsp3) is 0.212. The molecule has 1 N–H and O–H groups in total. The number of carbonyl (C=O) groups excluding carboxylic acids is 2. The van der Waals surface area contributed by atoms with Crippen molar-refractivity contribution in [2.75, 3.05) is 17.4 Å². The number of hydrogen-bond donors (Lipinski definition) is 1. The molecule has 4 aromatic carbocycles. The Bertz CT molecular complexity index is 1770. The van der Waals surface area contributed by atoms with Gasteiger partial charge in [0.2, 0.25) is 11.8 Å². The molecule has 0 heterocycles. The zero-order chi connectivity index (χ0) is 32.7. The number of halogens is 4. The molecular formula is C33H31Cl4N3O4S. The summed E-state index contributed by atoms with van der Waals surface area (Å²) < 4.78 is 29.2. The van der Waals surface area contributed by atoms with Crippen LogP contribution in [0.5, 0.6) is 0 Å². The van der Waals surface area contributed by atoms with Gasteiger partial charge >= 0.3 is 0 Å². The van der Waals surface area contributed by atoms with E-state index in [-0.39, 0.29) is 38.6 Å². The quantitative estimate of drug-likeness (QED) is 0.165. The molecule has 0 aliphatic rings. The van der Waals surface area contributed by atoms with Gasteiger partial charge in [0.15, 0.2) is 0 Å². The van der Waals surface area contributed by atoms with Gasteiger partial charge in [-0.2, -0.15) is 0 Å². The highest BCUT2D eigenvalue weighted by Gasteiger charge is 2.35. The predicted octanol–water partition coefficient (Wildman–Crippen LogP) is 7.58. The van der Waals surface area contributed by atoms with Crippen molar-refractivity contribution in [1.82, 2.24) is 10.2 Å². The van der Waals surface area contributed by atoms with Crippen LogP contribution in [-0.4, -0.2) is 44.3 Å². The van der Waals surface area contributed by atoms with Crippen molar-refractivity contribution < 1.29 is 18.0 Å². The van der Waals surface area contributed by atoms with E-state index in [0.29, 0.717) is 17.1 Å². The van der Waals surface area contributed by atoms with Gasteiger partial charge in [0.05, 0.1) is 20.6 Å². The number of amides is 2. The summed E-state index contributed by atoms with van der Waals surface area (Å²) >= 11 is 25.5. The summed E-state index contributed by atoms with van der Waals surface area (Å²) in [5.74, 6) is -1.08. The largest absolute Gasteiger partial charge is 0.355 e. The van der Waals surface area contributed by atoms with Crippen molar-refractivity contribution in [2.45, 2.75) is 37.8 Å². The second kappa shape index (κ2) is 15.3. The van der Waals surface area contributed by atoms with Crippen molar-refractivity contribution in [3.05, 3.63) is 128 Å². The van der Waals surface area contributed by atoms with E-state index >= 15 is 0 Å². The number of sulfonamides is 1. The molecule has 12 heteroatoms. The lowest BCUT2D eigenvalue weighted by Crippen LogP contribution is -2.53. The SMILES string of the molecule is CCNC(=O)[C@H](Cc1ccccc1)N(Cc1ccc(Cl)cc1Cl)C(=O)CN(c1cccc(Cl)c1Cl)S(=O)(=O)c1ccc(C)cc1. The first kappa shape index (κ1) is 34.6. The number of rotatable bonds is 12. The second-order valence-electron chi connectivity index (χ2n) is 10.3. The van der Waals surface area contributed by atoms with Gasteiger partial charge in [-0.05, 0) is 61.4 Å². The molecule has 0 aliphatic carbocycles. The molecule has 7 nitrogen and oxygen atoms in total. The third-order valence-corrected chi connectivity index (χ3v) is 10.2. The number of likely N-dealkylation sites (N-methyl/N-ethyl adjacent to an activating group) is 1. The van der Waals surface area contributed by atoms with Crippen LogP contribution in [0.15, 0.2) is 95.9 Å². The van der Waals surface area contributed by atoms with E-state index in [1.54, 1.807) is 43.3 Å². The van der Waals surface area contributed by atoms with Crippen LogP contribution < -0.4 is 9.62 Å². The van der Waals surface area contributed by atoms with Crippen molar-refractivity contribution >= 4 is 73.9 Å². The predicted molar refractivity (Wildman–Crippen MR) is 182 cm³/mol. The van der Waals surface area contributed by atoms with Crippen LogP contribution in [-0.2, 0) is 32.6 Å². The number of aryl methyl sites for hydroxylation is 1. The molecule has 236 valence electrons. The summed E-state index contributed by atoms with van der Waals surface area (Å²) in [6.07, 6.45) is 0.159. The van der Waals surface area contributed by atoms with Crippen LogP contribution in [0, 0.1) is 6.92 Å². The summed E-state index contributed by atoms with van der Waals surface area (Å²) in [5.41, 5.74) is 2.19. The van der Waals surface area contributed by atoms with Crippen molar-refractivity contribution in [1.29, 1.82) is 0 Å². The minimum Gasteiger partial charge on any atom is -0.355 e. The van der Waals surface area contributed by atoms with Gasteiger partial charge in [0, 0.05) is 29.6 Å². The van der Waals surface area contributed by atoms with Gasteiger partial charge in [-0.25, -0.2) is 8.42 Å². The van der Waals surface area contributed by atoms with E-state index in [1.807, 2.05) is 37.3 Å². The molecule has 0 saturated carbocycles. The standard InChI is InChI=1S/C33H31Cl4N3O4S/c1-3-38-33(42)30(18-23-8-5-4-6-9-23)39(20-24-14-15-25(34)19-28(24)36)31(41)21-40(29-11-7-10-27(35)32(29)37)45(43,44)26-16-12-22(2)13-17-26/h4-17,19,30H,3,18,20-21H2,1-2H3,(H,38,42)/t30-/m0/s1. The van der Waals surface area contributed by atoms with Crippen LogP contribution in [0.25, 0.3) is 0 Å². The molecule has 1 atom stereocenters. The first-order valence-electron chi connectivity index (χ1n) is 14.0. The highest BCUT2D eigenvalue weighted by Crippen LogP contribution is 2.36. The molecule has 0 saturated heterocycles. The zero-order valence-electron chi connectivity index (χ0n) is 24.5. The van der Waals surface area contributed by atoms with E-state index in [4.69, 9.17) is 46.4 Å². The summed E-state index contributed by atoms with van der Waals surface area (Å²) in [5, 5.41) is 3.57. The average molecular weight is 708 g/mol.